The molecule has 154 valence electrons. The fourth-order valence-corrected chi connectivity index (χ4v) is 4.60. The average molecular weight is 417 g/mol. The van der Waals surface area contributed by atoms with Gasteiger partial charge in [0, 0.05) is 13.7 Å². The summed E-state index contributed by atoms with van der Waals surface area (Å²) in [6, 6.07) is 11.9. The molecule has 3 rings (SSSR count). The Morgan fingerprint density at radius 1 is 1.14 bits per heavy atom. The van der Waals surface area contributed by atoms with E-state index in [1.165, 1.54) is 18.5 Å². The number of nitrogens with zero attached hydrogens (tertiary/aromatic N) is 2. The molecule has 0 aliphatic rings. The first-order valence-corrected chi connectivity index (χ1v) is 10.4. The van der Waals surface area contributed by atoms with Gasteiger partial charge in [0.2, 0.25) is 10.0 Å². The number of H-pyrrole nitrogens is 1. The second kappa shape index (κ2) is 8.73. The zero-order chi connectivity index (χ0) is 21.0. The highest BCUT2D eigenvalue weighted by Gasteiger charge is 2.28. The van der Waals surface area contributed by atoms with Crippen LogP contribution >= 0.6 is 0 Å². The number of fused-ring (bicyclic) bond motifs is 1. The van der Waals surface area contributed by atoms with Crippen molar-refractivity contribution in [2.45, 2.75) is 18.4 Å². The van der Waals surface area contributed by atoms with Gasteiger partial charge in [0.15, 0.2) is 0 Å². The lowest BCUT2D eigenvalue weighted by atomic mass is 10.2. The van der Waals surface area contributed by atoms with Gasteiger partial charge in [0.25, 0.3) is 5.56 Å². The summed E-state index contributed by atoms with van der Waals surface area (Å²) in [5.41, 5.74) is 0.972. The van der Waals surface area contributed by atoms with Gasteiger partial charge in [-0.3, -0.25) is 4.79 Å². The molecule has 1 aromatic heterocycles. The van der Waals surface area contributed by atoms with Crippen molar-refractivity contribution in [3.05, 3.63) is 64.2 Å². The van der Waals surface area contributed by atoms with Crippen molar-refractivity contribution in [1.82, 2.24) is 14.3 Å². The Labute approximate surface area is 169 Å². The number of hydrogen-bond acceptors (Lipinski definition) is 6. The lowest BCUT2D eigenvalue weighted by Crippen LogP contribution is -2.35. The van der Waals surface area contributed by atoms with Crippen LogP contribution < -0.4 is 10.3 Å². The second-order valence-corrected chi connectivity index (χ2v) is 8.42. The third-order valence-electron chi connectivity index (χ3n) is 4.47. The van der Waals surface area contributed by atoms with Crippen LogP contribution in [0.3, 0.4) is 0 Å². The zero-order valence-corrected chi connectivity index (χ0v) is 17.3. The molecule has 2 aromatic carbocycles. The predicted octanol–water partition coefficient (Wildman–Crippen LogP) is 2.08. The van der Waals surface area contributed by atoms with E-state index in [2.05, 4.69) is 9.97 Å². The summed E-state index contributed by atoms with van der Waals surface area (Å²) in [5, 5.41) is 0.447. The number of aromatic nitrogens is 2. The Morgan fingerprint density at radius 2 is 1.90 bits per heavy atom. The summed E-state index contributed by atoms with van der Waals surface area (Å²) >= 11 is 0. The molecule has 0 saturated heterocycles. The molecule has 9 heteroatoms. The van der Waals surface area contributed by atoms with Crippen LogP contribution in [0.1, 0.15) is 11.4 Å². The van der Waals surface area contributed by atoms with Crippen LogP contribution in [0.4, 0.5) is 0 Å². The van der Waals surface area contributed by atoms with E-state index >= 15 is 0 Å². The first-order chi connectivity index (χ1) is 13.9. The molecule has 29 heavy (non-hydrogen) atoms. The van der Waals surface area contributed by atoms with E-state index in [0.717, 1.165) is 5.56 Å². The molecule has 0 amide bonds. The Hall–Kier alpha value is -2.75. The quantitative estimate of drug-likeness (QED) is 0.602. The van der Waals surface area contributed by atoms with Crippen molar-refractivity contribution in [2.24, 2.45) is 0 Å². The van der Waals surface area contributed by atoms with Crippen LogP contribution in [-0.4, -0.2) is 50.1 Å². The van der Waals surface area contributed by atoms with E-state index in [4.69, 9.17) is 9.47 Å². The molecular weight excluding hydrogens is 394 g/mol. The summed E-state index contributed by atoms with van der Waals surface area (Å²) < 4.78 is 38.4. The number of para-hydroxylation sites is 1. The Balaban J connectivity index is 2.04. The smallest absolute Gasteiger partial charge is 0.258 e. The number of ether oxygens (including phenoxy) is 2. The minimum Gasteiger partial charge on any atom is -0.495 e. The maximum Gasteiger partial charge on any atom is 0.258 e. The average Bonchev–Trinajstić information content (AvgIpc) is 2.71. The van der Waals surface area contributed by atoms with E-state index in [9.17, 15) is 13.2 Å². The Kier molecular flexibility index (Phi) is 6.31. The highest BCUT2D eigenvalue weighted by molar-refractivity contribution is 7.89. The van der Waals surface area contributed by atoms with Gasteiger partial charge < -0.3 is 14.5 Å². The maximum atomic E-state index is 13.4. The predicted molar refractivity (Wildman–Crippen MR) is 110 cm³/mol. The van der Waals surface area contributed by atoms with Crippen molar-refractivity contribution >= 4 is 20.9 Å². The number of sulfonamides is 1. The van der Waals surface area contributed by atoms with E-state index in [1.807, 2.05) is 0 Å². The lowest BCUT2D eigenvalue weighted by molar-refractivity contribution is 0.176. The molecule has 0 atom stereocenters. The van der Waals surface area contributed by atoms with Crippen LogP contribution in [0.5, 0.6) is 5.75 Å². The molecule has 0 saturated carbocycles. The molecule has 3 aromatic rings. The minimum atomic E-state index is -3.94. The van der Waals surface area contributed by atoms with Crippen LogP contribution in [0.15, 0.2) is 52.2 Å². The fraction of sp³-hybridized carbons (Fsp3) is 0.300. The first kappa shape index (κ1) is 21.0. The largest absolute Gasteiger partial charge is 0.495 e. The molecule has 0 bridgehead atoms. The zero-order valence-electron chi connectivity index (χ0n) is 16.5. The summed E-state index contributed by atoms with van der Waals surface area (Å²) in [6.07, 6.45) is 0. The molecular formula is C20H23N3O5S. The van der Waals surface area contributed by atoms with Gasteiger partial charge in [-0.05, 0) is 36.8 Å². The van der Waals surface area contributed by atoms with Gasteiger partial charge in [-0.15, -0.1) is 0 Å². The summed E-state index contributed by atoms with van der Waals surface area (Å²) in [6.45, 7) is 1.97. The number of aromatic amines is 1. The minimum absolute atomic E-state index is 0.0549. The standard InChI is InChI=1S/C20H23N3O5S/c1-14-8-9-17(28-3)18(12-14)29(25,26)23(10-11-27-2)13-19-21-16-7-5-4-6-15(16)20(24)22-19/h4-9,12H,10-11,13H2,1-3H3,(H,21,22,24). The molecule has 0 radical (unpaired) electrons. The molecule has 0 aliphatic carbocycles. The summed E-state index contributed by atoms with van der Waals surface area (Å²) in [4.78, 5) is 19.5. The van der Waals surface area contributed by atoms with Gasteiger partial charge in [0.05, 0.1) is 31.2 Å². The van der Waals surface area contributed by atoms with Crippen LogP contribution in [0, 0.1) is 6.92 Å². The lowest BCUT2D eigenvalue weighted by Gasteiger charge is -2.23. The summed E-state index contributed by atoms with van der Waals surface area (Å²) in [7, 11) is -1.02. The SMILES string of the molecule is COCCN(Cc1nc2ccccc2c(=O)[nH]1)S(=O)(=O)c1cc(C)ccc1OC. The van der Waals surface area contributed by atoms with Crippen molar-refractivity contribution in [3.8, 4) is 5.75 Å². The first-order valence-electron chi connectivity index (χ1n) is 8.98. The number of hydrogen-bond donors (Lipinski definition) is 1. The van der Waals surface area contributed by atoms with Gasteiger partial charge in [-0.2, -0.15) is 4.31 Å². The van der Waals surface area contributed by atoms with E-state index < -0.39 is 10.0 Å². The monoisotopic (exact) mass is 417 g/mol. The third kappa shape index (κ3) is 4.47. The molecule has 8 nitrogen and oxygen atoms in total. The van der Waals surface area contributed by atoms with Crippen molar-refractivity contribution in [3.63, 3.8) is 0 Å². The topological polar surface area (TPSA) is 102 Å². The van der Waals surface area contributed by atoms with Crippen molar-refractivity contribution in [1.29, 1.82) is 0 Å². The van der Waals surface area contributed by atoms with Gasteiger partial charge in [-0.1, -0.05) is 18.2 Å². The van der Waals surface area contributed by atoms with Crippen LogP contribution in [0.2, 0.25) is 0 Å². The van der Waals surface area contributed by atoms with Gasteiger partial charge in [-0.25, -0.2) is 13.4 Å². The number of rotatable bonds is 8. The number of nitrogens with one attached hydrogen (secondary N) is 1. The molecule has 0 unspecified atom stereocenters. The van der Waals surface area contributed by atoms with Crippen molar-refractivity contribution < 1.29 is 17.9 Å². The molecule has 1 N–H and O–H groups in total. The van der Waals surface area contributed by atoms with Crippen LogP contribution in [-0.2, 0) is 21.3 Å². The molecule has 1 heterocycles. The maximum absolute atomic E-state index is 13.4. The number of benzene rings is 2. The Bertz CT molecular complexity index is 1170. The molecule has 0 spiro atoms. The van der Waals surface area contributed by atoms with E-state index in [-0.39, 0.29) is 41.7 Å². The second-order valence-electron chi connectivity index (χ2n) is 6.52. The highest BCUT2D eigenvalue weighted by Crippen LogP contribution is 2.28. The van der Waals surface area contributed by atoms with Gasteiger partial charge >= 0.3 is 0 Å². The van der Waals surface area contributed by atoms with E-state index in [1.54, 1.807) is 49.4 Å². The van der Waals surface area contributed by atoms with Crippen molar-refractivity contribution in [2.75, 3.05) is 27.4 Å². The van der Waals surface area contributed by atoms with Crippen LogP contribution in [0.25, 0.3) is 10.9 Å². The Morgan fingerprint density at radius 3 is 2.62 bits per heavy atom. The molecule has 0 fully saturated rings. The highest BCUT2D eigenvalue weighted by atomic mass is 32.2. The van der Waals surface area contributed by atoms with E-state index in [0.29, 0.717) is 10.9 Å². The van der Waals surface area contributed by atoms with Gasteiger partial charge in [0.1, 0.15) is 16.5 Å². The fourth-order valence-electron chi connectivity index (χ4n) is 2.98. The number of aryl methyl sites for hydroxylation is 1. The third-order valence-corrected chi connectivity index (χ3v) is 6.34. The summed E-state index contributed by atoms with van der Waals surface area (Å²) in [5.74, 6) is 0.498. The molecule has 0 aliphatic heterocycles. The normalized spacial score (nSPS) is 11.9. The number of methoxy groups -OCH3 is 2.